The molecular formula is C29H29N7O4. The van der Waals surface area contributed by atoms with Crippen LogP contribution in [-0.2, 0) is 19.5 Å². The van der Waals surface area contributed by atoms with Gasteiger partial charge in [0.2, 0.25) is 0 Å². The molecule has 40 heavy (non-hydrogen) atoms. The maximum absolute atomic E-state index is 13.3. The van der Waals surface area contributed by atoms with Crippen LogP contribution in [0.15, 0.2) is 76.7 Å². The highest BCUT2D eigenvalue weighted by atomic mass is 16.5. The van der Waals surface area contributed by atoms with E-state index in [9.17, 15) is 14.4 Å². The average Bonchev–Trinajstić information content (AvgIpc) is 3.44. The van der Waals surface area contributed by atoms with Crippen LogP contribution in [0.25, 0.3) is 22.6 Å². The molecule has 0 saturated heterocycles. The Morgan fingerprint density at radius 1 is 1.02 bits per heavy atom. The monoisotopic (exact) mass is 539 g/mol. The van der Waals surface area contributed by atoms with Crippen molar-refractivity contribution < 1.29 is 9.53 Å². The Hall–Kier alpha value is -5.06. The Balaban J connectivity index is 1.41. The second-order valence-corrected chi connectivity index (χ2v) is 9.22. The summed E-state index contributed by atoms with van der Waals surface area (Å²) in [5, 5.41) is 3.01. The summed E-state index contributed by atoms with van der Waals surface area (Å²) < 4.78 is 8.02. The fraction of sp³-hybridized carbons (Fsp3) is 0.241. The van der Waals surface area contributed by atoms with E-state index in [-0.39, 0.29) is 23.5 Å². The topological polar surface area (TPSA) is 137 Å². The lowest BCUT2D eigenvalue weighted by atomic mass is 10.1. The smallest absolute Gasteiger partial charge is 0.332 e. The number of H-pyrrole nitrogens is 1. The number of aromatic amines is 1. The van der Waals surface area contributed by atoms with E-state index in [1.807, 2.05) is 31.2 Å². The predicted molar refractivity (Wildman–Crippen MR) is 152 cm³/mol. The summed E-state index contributed by atoms with van der Waals surface area (Å²) in [4.78, 5) is 55.0. The molecule has 204 valence electrons. The Morgan fingerprint density at radius 2 is 1.85 bits per heavy atom. The van der Waals surface area contributed by atoms with Gasteiger partial charge in [0.15, 0.2) is 11.4 Å². The highest BCUT2D eigenvalue weighted by Gasteiger charge is 2.18. The molecule has 0 aliphatic heterocycles. The third kappa shape index (κ3) is 5.53. The fourth-order valence-electron chi connectivity index (χ4n) is 4.40. The number of pyridine rings is 2. The van der Waals surface area contributed by atoms with Gasteiger partial charge >= 0.3 is 5.69 Å². The average molecular weight is 540 g/mol. The van der Waals surface area contributed by atoms with Gasteiger partial charge in [0.05, 0.1) is 13.7 Å². The Labute approximate surface area is 229 Å². The highest BCUT2D eigenvalue weighted by Crippen LogP contribution is 2.20. The van der Waals surface area contributed by atoms with Crippen LogP contribution >= 0.6 is 0 Å². The molecule has 2 N–H and O–H groups in total. The molecule has 0 aliphatic carbocycles. The van der Waals surface area contributed by atoms with Crippen molar-refractivity contribution >= 4 is 22.8 Å². The van der Waals surface area contributed by atoms with Gasteiger partial charge in [-0.05, 0) is 54.8 Å². The number of carbonyl (C=O) groups excluding carboxylic acids is 1. The Kier molecular flexibility index (Phi) is 7.81. The lowest BCUT2D eigenvalue weighted by Gasteiger charge is -2.11. The maximum atomic E-state index is 13.3. The first-order valence-electron chi connectivity index (χ1n) is 13.0. The van der Waals surface area contributed by atoms with Crippen molar-refractivity contribution in [3.63, 3.8) is 0 Å². The summed E-state index contributed by atoms with van der Waals surface area (Å²) in [5.41, 5.74) is 1.95. The minimum absolute atomic E-state index is 0.0696. The summed E-state index contributed by atoms with van der Waals surface area (Å²) in [6.07, 6.45) is 5.95. The van der Waals surface area contributed by atoms with Gasteiger partial charge in [0.1, 0.15) is 22.9 Å². The van der Waals surface area contributed by atoms with Crippen molar-refractivity contribution in [3.8, 4) is 17.1 Å². The summed E-state index contributed by atoms with van der Waals surface area (Å²) in [5.74, 6) is 1.59. The van der Waals surface area contributed by atoms with E-state index < -0.39 is 5.56 Å². The number of imidazole rings is 1. The molecule has 4 heterocycles. The van der Waals surface area contributed by atoms with Crippen LogP contribution in [0.1, 0.15) is 29.3 Å². The minimum Gasteiger partial charge on any atom is -0.497 e. The largest absolute Gasteiger partial charge is 0.497 e. The van der Waals surface area contributed by atoms with Crippen molar-refractivity contribution in [2.45, 2.75) is 32.9 Å². The molecular weight excluding hydrogens is 510 g/mol. The van der Waals surface area contributed by atoms with Gasteiger partial charge in [-0.1, -0.05) is 19.1 Å². The van der Waals surface area contributed by atoms with Crippen molar-refractivity contribution in [2.75, 3.05) is 19.0 Å². The molecule has 5 aromatic rings. The number of fused-ring (bicyclic) bond motifs is 1. The number of aryl methyl sites for hydroxylation is 2. The van der Waals surface area contributed by atoms with Crippen molar-refractivity contribution in [1.29, 1.82) is 0 Å². The van der Waals surface area contributed by atoms with Crippen LogP contribution in [0.4, 0.5) is 5.82 Å². The number of nitrogens with zero attached hydrogens (tertiary/aromatic N) is 5. The predicted octanol–water partition coefficient (Wildman–Crippen LogP) is 3.30. The van der Waals surface area contributed by atoms with Crippen molar-refractivity contribution in [1.82, 2.24) is 29.1 Å². The van der Waals surface area contributed by atoms with Gasteiger partial charge < -0.3 is 15.0 Å². The van der Waals surface area contributed by atoms with Crippen LogP contribution in [0, 0.1) is 0 Å². The quantitative estimate of drug-likeness (QED) is 0.244. The number of Topliss-reactive ketones (excluding diaryl/α,β-unsaturated/α-hetero) is 1. The van der Waals surface area contributed by atoms with Gasteiger partial charge in [0.25, 0.3) is 5.56 Å². The van der Waals surface area contributed by atoms with E-state index in [2.05, 4.69) is 25.3 Å². The lowest BCUT2D eigenvalue weighted by molar-refractivity contribution is 0.101. The first-order chi connectivity index (χ1) is 19.5. The molecule has 0 unspecified atom stereocenters. The fourth-order valence-corrected chi connectivity index (χ4v) is 4.40. The first-order valence-corrected chi connectivity index (χ1v) is 13.0. The van der Waals surface area contributed by atoms with Crippen molar-refractivity contribution in [2.24, 2.45) is 0 Å². The number of ketones is 1. The molecule has 11 nitrogen and oxygen atoms in total. The normalized spacial score (nSPS) is 11.1. The minimum atomic E-state index is -0.401. The van der Waals surface area contributed by atoms with Gasteiger partial charge in [-0.2, -0.15) is 0 Å². The molecule has 0 bridgehead atoms. The van der Waals surface area contributed by atoms with Crippen LogP contribution in [0.2, 0.25) is 0 Å². The number of aromatic nitrogens is 6. The zero-order valence-corrected chi connectivity index (χ0v) is 22.3. The second kappa shape index (κ2) is 11.8. The number of benzene rings is 1. The number of anilines is 1. The van der Waals surface area contributed by atoms with E-state index in [4.69, 9.17) is 4.74 Å². The molecule has 0 saturated carbocycles. The van der Waals surface area contributed by atoms with Gasteiger partial charge in [-0.3, -0.25) is 23.7 Å². The first kappa shape index (κ1) is 26.5. The zero-order chi connectivity index (χ0) is 28.1. The third-order valence-electron chi connectivity index (χ3n) is 6.54. The van der Waals surface area contributed by atoms with E-state index in [1.165, 1.54) is 10.8 Å². The van der Waals surface area contributed by atoms with E-state index in [0.29, 0.717) is 54.3 Å². The van der Waals surface area contributed by atoms with Crippen LogP contribution in [-0.4, -0.2) is 48.5 Å². The van der Waals surface area contributed by atoms with Gasteiger partial charge in [-0.15, -0.1) is 0 Å². The molecule has 5 rings (SSSR count). The van der Waals surface area contributed by atoms with Crippen molar-refractivity contribution in [3.05, 3.63) is 99.1 Å². The Bertz CT molecular complexity index is 1740. The summed E-state index contributed by atoms with van der Waals surface area (Å²) in [7, 11) is 1.61. The zero-order valence-electron chi connectivity index (χ0n) is 22.3. The number of ether oxygens (including phenoxy) is 1. The van der Waals surface area contributed by atoms with E-state index in [0.717, 1.165) is 11.3 Å². The molecule has 4 aromatic heterocycles. The molecule has 0 fully saturated rings. The third-order valence-corrected chi connectivity index (χ3v) is 6.54. The second-order valence-electron chi connectivity index (χ2n) is 9.22. The standard InChI is InChI=1S/C29H29N7O4/c1-3-14-36-28(38)25-27(35(29(36)39)15-12-19-6-9-22(40-2)10-7-19)34-26(33-25)21-8-11-24(31-17-21)32-18-23(37)20-5-4-13-30-16-20/h4-11,13,16-17H,3,12,14-15,18H2,1-2H3,(H,31,32)(H,33,34). The molecule has 0 aliphatic rings. The van der Waals surface area contributed by atoms with Gasteiger partial charge in [0, 0.05) is 42.8 Å². The number of hydrogen-bond acceptors (Lipinski definition) is 8. The van der Waals surface area contributed by atoms with E-state index >= 15 is 0 Å². The lowest BCUT2D eigenvalue weighted by Crippen LogP contribution is -2.40. The number of hydrogen-bond donors (Lipinski definition) is 2. The van der Waals surface area contributed by atoms with Crippen LogP contribution < -0.4 is 21.3 Å². The Morgan fingerprint density at radius 3 is 2.52 bits per heavy atom. The summed E-state index contributed by atoms with van der Waals surface area (Å²) >= 11 is 0. The maximum Gasteiger partial charge on any atom is 0.332 e. The molecule has 0 radical (unpaired) electrons. The molecule has 11 heteroatoms. The summed E-state index contributed by atoms with van der Waals surface area (Å²) in [6.45, 7) is 2.65. The number of methoxy groups -OCH3 is 1. The number of rotatable bonds is 11. The number of carbonyl (C=O) groups is 1. The molecule has 0 atom stereocenters. The highest BCUT2D eigenvalue weighted by molar-refractivity contribution is 5.98. The van der Waals surface area contributed by atoms with Crippen LogP contribution in [0.3, 0.4) is 0 Å². The molecule has 0 amide bonds. The number of nitrogens with one attached hydrogen (secondary N) is 2. The van der Waals surface area contributed by atoms with Gasteiger partial charge in [-0.25, -0.2) is 14.8 Å². The van der Waals surface area contributed by atoms with E-state index in [1.54, 1.807) is 48.3 Å². The molecule has 1 aromatic carbocycles. The summed E-state index contributed by atoms with van der Waals surface area (Å²) in [6, 6.07) is 14.6. The van der Waals surface area contributed by atoms with Crippen LogP contribution in [0.5, 0.6) is 5.75 Å². The SMILES string of the molecule is CCCn1c(=O)c2[nH]c(-c3ccc(NCC(=O)c4cccnc4)nc3)nc2n(CCc2ccc(OC)cc2)c1=O. The molecule has 0 spiro atoms.